The SMILES string of the molecule is Brc1ccc(CCNCc2nnc3n2CCCC3)s1. The van der Waals surface area contributed by atoms with Gasteiger partial charge < -0.3 is 9.88 Å². The van der Waals surface area contributed by atoms with Crippen LogP contribution in [0, 0.1) is 0 Å². The maximum atomic E-state index is 4.29. The Morgan fingerprint density at radius 1 is 1.32 bits per heavy atom. The van der Waals surface area contributed by atoms with Crippen LogP contribution in [0.4, 0.5) is 0 Å². The Morgan fingerprint density at radius 3 is 3.11 bits per heavy atom. The number of nitrogens with zero attached hydrogens (tertiary/aromatic N) is 3. The predicted molar refractivity (Wildman–Crippen MR) is 80.4 cm³/mol. The summed E-state index contributed by atoms with van der Waals surface area (Å²) in [7, 11) is 0. The smallest absolute Gasteiger partial charge is 0.147 e. The highest BCUT2D eigenvalue weighted by Gasteiger charge is 2.14. The van der Waals surface area contributed by atoms with Gasteiger partial charge in [-0.3, -0.25) is 0 Å². The molecule has 0 fully saturated rings. The highest BCUT2D eigenvalue weighted by molar-refractivity contribution is 9.11. The molecular weight excluding hydrogens is 324 g/mol. The van der Waals surface area contributed by atoms with Crippen LogP contribution < -0.4 is 5.32 Å². The van der Waals surface area contributed by atoms with Crippen molar-refractivity contribution < 1.29 is 0 Å². The third-order valence-electron chi connectivity index (χ3n) is 3.40. The second-order valence-corrected chi connectivity index (χ2v) is 7.32. The molecule has 0 radical (unpaired) electrons. The molecule has 0 amide bonds. The van der Waals surface area contributed by atoms with Crippen LogP contribution in [0.2, 0.25) is 0 Å². The molecule has 0 saturated heterocycles. The molecule has 0 atom stereocenters. The molecule has 102 valence electrons. The first-order valence-electron chi connectivity index (χ1n) is 6.69. The molecular formula is C13H17BrN4S. The van der Waals surface area contributed by atoms with Crippen LogP contribution in [0.3, 0.4) is 0 Å². The second-order valence-electron chi connectivity index (χ2n) is 4.77. The van der Waals surface area contributed by atoms with Gasteiger partial charge in [-0.2, -0.15) is 0 Å². The van der Waals surface area contributed by atoms with E-state index in [1.165, 1.54) is 21.5 Å². The Balaban J connectivity index is 1.48. The first-order valence-corrected chi connectivity index (χ1v) is 8.30. The molecule has 19 heavy (non-hydrogen) atoms. The largest absolute Gasteiger partial charge is 0.314 e. The van der Waals surface area contributed by atoms with E-state index >= 15 is 0 Å². The fourth-order valence-corrected chi connectivity index (χ4v) is 3.88. The zero-order chi connectivity index (χ0) is 13.1. The molecule has 0 aliphatic carbocycles. The van der Waals surface area contributed by atoms with E-state index in [9.17, 15) is 0 Å². The molecule has 3 heterocycles. The predicted octanol–water partition coefficient (Wildman–Crippen LogP) is 2.77. The van der Waals surface area contributed by atoms with Crippen molar-refractivity contribution >= 4 is 27.3 Å². The minimum atomic E-state index is 0.819. The Bertz CT molecular complexity index is 549. The molecule has 1 aliphatic heterocycles. The first-order chi connectivity index (χ1) is 9.33. The van der Waals surface area contributed by atoms with E-state index in [4.69, 9.17) is 0 Å². The summed E-state index contributed by atoms with van der Waals surface area (Å²) < 4.78 is 3.48. The number of thiophene rings is 1. The zero-order valence-electron chi connectivity index (χ0n) is 10.7. The molecule has 0 saturated carbocycles. The van der Waals surface area contributed by atoms with Crippen molar-refractivity contribution in [2.45, 2.75) is 38.8 Å². The lowest BCUT2D eigenvalue weighted by Gasteiger charge is -2.14. The van der Waals surface area contributed by atoms with E-state index < -0.39 is 0 Å². The van der Waals surface area contributed by atoms with Gasteiger partial charge in [0.15, 0.2) is 0 Å². The van der Waals surface area contributed by atoms with Crippen molar-refractivity contribution in [1.82, 2.24) is 20.1 Å². The maximum absolute atomic E-state index is 4.29. The summed E-state index contributed by atoms with van der Waals surface area (Å²) in [4.78, 5) is 1.41. The highest BCUT2D eigenvalue weighted by Crippen LogP contribution is 2.22. The minimum Gasteiger partial charge on any atom is -0.314 e. The lowest BCUT2D eigenvalue weighted by Crippen LogP contribution is -2.21. The molecule has 0 bridgehead atoms. The molecule has 2 aromatic rings. The van der Waals surface area contributed by atoms with Gasteiger partial charge in [-0.15, -0.1) is 21.5 Å². The normalized spacial score (nSPS) is 14.6. The number of halogens is 1. The summed E-state index contributed by atoms with van der Waals surface area (Å²) in [5.41, 5.74) is 0. The molecule has 3 rings (SSSR count). The summed E-state index contributed by atoms with van der Waals surface area (Å²) >= 11 is 5.29. The standard InChI is InChI=1S/C13H17BrN4S/c14-11-5-4-10(19-11)6-7-15-9-13-17-16-12-3-1-2-8-18(12)13/h4-5,15H,1-3,6-9H2. The number of fused-ring (bicyclic) bond motifs is 1. The molecule has 0 unspecified atom stereocenters. The molecule has 0 aromatic carbocycles. The van der Waals surface area contributed by atoms with Gasteiger partial charge in [0.2, 0.25) is 0 Å². The first kappa shape index (κ1) is 13.3. The van der Waals surface area contributed by atoms with Gasteiger partial charge in [0.1, 0.15) is 11.6 Å². The summed E-state index contributed by atoms with van der Waals surface area (Å²) in [6.07, 6.45) is 4.65. The van der Waals surface area contributed by atoms with Crippen molar-refractivity contribution in [3.05, 3.63) is 32.4 Å². The van der Waals surface area contributed by atoms with Crippen molar-refractivity contribution in [3.63, 3.8) is 0 Å². The third kappa shape index (κ3) is 3.24. The summed E-state index contributed by atoms with van der Waals surface area (Å²) in [5, 5.41) is 12.0. The van der Waals surface area contributed by atoms with Gasteiger partial charge in [-0.25, -0.2) is 0 Å². The number of hydrogen-bond donors (Lipinski definition) is 1. The van der Waals surface area contributed by atoms with Crippen LogP contribution in [0.25, 0.3) is 0 Å². The fraction of sp³-hybridized carbons (Fsp3) is 0.538. The van der Waals surface area contributed by atoms with Gasteiger partial charge >= 0.3 is 0 Å². The van der Waals surface area contributed by atoms with Crippen LogP contribution in [0.5, 0.6) is 0 Å². The summed E-state index contributed by atoms with van der Waals surface area (Å²) in [6, 6.07) is 4.28. The number of aromatic nitrogens is 3. The molecule has 4 nitrogen and oxygen atoms in total. The van der Waals surface area contributed by atoms with Gasteiger partial charge in [-0.05, 0) is 47.3 Å². The molecule has 2 aromatic heterocycles. The van der Waals surface area contributed by atoms with E-state index in [-0.39, 0.29) is 0 Å². The zero-order valence-corrected chi connectivity index (χ0v) is 13.1. The van der Waals surface area contributed by atoms with E-state index in [0.717, 1.165) is 44.1 Å². The van der Waals surface area contributed by atoms with Gasteiger partial charge in [0.25, 0.3) is 0 Å². The topological polar surface area (TPSA) is 42.7 Å². The molecule has 1 aliphatic rings. The van der Waals surface area contributed by atoms with E-state index in [2.05, 4.69) is 48.1 Å². The molecule has 1 N–H and O–H groups in total. The summed E-state index contributed by atoms with van der Waals surface area (Å²) in [6.45, 7) is 2.88. The van der Waals surface area contributed by atoms with Gasteiger partial charge in [0.05, 0.1) is 10.3 Å². The maximum Gasteiger partial charge on any atom is 0.147 e. The van der Waals surface area contributed by atoms with E-state index in [0.29, 0.717) is 0 Å². The van der Waals surface area contributed by atoms with Crippen LogP contribution in [-0.4, -0.2) is 21.3 Å². The average molecular weight is 341 g/mol. The van der Waals surface area contributed by atoms with Crippen LogP contribution in [-0.2, 0) is 25.9 Å². The Kier molecular flexibility index (Phi) is 4.30. The van der Waals surface area contributed by atoms with E-state index in [1.54, 1.807) is 11.3 Å². The van der Waals surface area contributed by atoms with Crippen molar-refractivity contribution in [1.29, 1.82) is 0 Å². The second kappa shape index (κ2) is 6.15. The number of hydrogen-bond acceptors (Lipinski definition) is 4. The lowest BCUT2D eigenvalue weighted by molar-refractivity contribution is 0.498. The Hall–Kier alpha value is -0.720. The Morgan fingerprint density at radius 2 is 2.26 bits per heavy atom. The fourth-order valence-electron chi connectivity index (χ4n) is 2.40. The van der Waals surface area contributed by atoms with Crippen molar-refractivity contribution in [2.24, 2.45) is 0 Å². The number of aryl methyl sites for hydroxylation is 1. The average Bonchev–Trinajstić information content (AvgIpc) is 3.02. The van der Waals surface area contributed by atoms with E-state index in [1.807, 2.05) is 0 Å². The number of nitrogens with one attached hydrogen (secondary N) is 1. The highest BCUT2D eigenvalue weighted by atomic mass is 79.9. The Labute approximate surface area is 125 Å². The van der Waals surface area contributed by atoms with Gasteiger partial charge in [-0.1, -0.05) is 0 Å². The van der Waals surface area contributed by atoms with Crippen molar-refractivity contribution in [2.75, 3.05) is 6.54 Å². The van der Waals surface area contributed by atoms with Crippen molar-refractivity contribution in [3.8, 4) is 0 Å². The van der Waals surface area contributed by atoms with Crippen LogP contribution in [0.1, 0.15) is 29.4 Å². The third-order valence-corrected chi connectivity index (χ3v) is 5.08. The molecule has 0 spiro atoms. The monoisotopic (exact) mass is 340 g/mol. The quantitative estimate of drug-likeness (QED) is 0.851. The lowest BCUT2D eigenvalue weighted by atomic mass is 10.2. The summed E-state index contributed by atoms with van der Waals surface area (Å²) in [5.74, 6) is 2.24. The minimum absolute atomic E-state index is 0.819. The van der Waals surface area contributed by atoms with Crippen LogP contribution in [0.15, 0.2) is 15.9 Å². The molecule has 6 heteroatoms. The number of rotatable bonds is 5. The van der Waals surface area contributed by atoms with Gasteiger partial charge in [0, 0.05) is 24.4 Å². The van der Waals surface area contributed by atoms with Crippen LogP contribution >= 0.6 is 27.3 Å².